The van der Waals surface area contributed by atoms with Gasteiger partial charge in [0.25, 0.3) is 0 Å². The normalized spacial score (nSPS) is 15.7. The van der Waals surface area contributed by atoms with Gasteiger partial charge in [-0.25, -0.2) is 4.98 Å². The van der Waals surface area contributed by atoms with Gasteiger partial charge in [-0.05, 0) is 32.9 Å². The van der Waals surface area contributed by atoms with Gasteiger partial charge in [-0.3, -0.25) is 4.79 Å². The molecule has 1 unspecified atom stereocenters. The van der Waals surface area contributed by atoms with Crippen LogP contribution in [-0.4, -0.2) is 24.0 Å². The van der Waals surface area contributed by atoms with Crippen molar-refractivity contribution in [3.8, 4) is 0 Å². The smallest absolute Gasteiger partial charge is 0.223 e. The van der Waals surface area contributed by atoms with Gasteiger partial charge in [-0.1, -0.05) is 6.92 Å². The minimum absolute atomic E-state index is 0. The van der Waals surface area contributed by atoms with Crippen LogP contribution in [0.15, 0.2) is 0 Å². The van der Waals surface area contributed by atoms with Gasteiger partial charge in [0.05, 0.1) is 12.2 Å². The summed E-state index contributed by atoms with van der Waals surface area (Å²) >= 11 is 1.66. The molecule has 2 N–H and O–H groups in total. The summed E-state index contributed by atoms with van der Waals surface area (Å²) < 4.78 is 0. The second kappa shape index (κ2) is 8.04. The number of nitrogens with zero attached hydrogens (tertiary/aromatic N) is 1. The third-order valence-corrected chi connectivity index (χ3v) is 4.49. The fourth-order valence-electron chi connectivity index (χ4n) is 1.82. The molecule has 1 atom stereocenters. The largest absolute Gasteiger partial charge is 0.349 e. The highest BCUT2D eigenvalue weighted by atomic mass is 35.5. The number of thiazole rings is 1. The first kappa shape index (κ1) is 18.6. The van der Waals surface area contributed by atoms with Crippen LogP contribution in [0.25, 0.3) is 0 Å². The fraction of sp³-hybridized carbons (Fsp3) is 0.667. The predicted molar refractivity (Wildman–Crippen MR) is 83.5 cm³/mol. The minimum atomic E-state index is 0. The van der Waals surface area contributed by atoms with Gasteiger partial charge in [0.1, 0.15) is 5.01 Å². The third kappa shape index (κ3) is 4.60. The molecule has 4 nitrogen and oxygen atoms in total. The fourth-order valence-corrected chi connectivity index (χ4v) is 2.69. The van der Waals surface area contributed by atoms with Gasteiger partial charge in [-0.2, -0.15) is 0 Å². The van der Waals surface area contributed by atoms with Crippen molar-refractivity contribution in [3.63, 3.8) is 0 Å². The van der Waals surface area contributed by atoms with E-state index in [2.05, 4.69) is 22.5 Å². The Kier molecular flexibility index (Phi) is 7.89. The minimum Gasteiger partial charge on any atom is -0.349 e. The lowest BCUT2D eigenvalue weighted by Gasteiger charge is -2.31. The number of hydrogen-bond acceptors (Lipinski definition) is 4. The molecule has 0 bridgehead atoms. The van der Waals surface area contributed by atoms with Crippen LogP contribution in [0.3, 0.4) is 0 Å². The van der Waals surface area contributed by atoms with Crippen LogP contribution in [0, 0.1) is 25.7 Å². The maximum Gasteiger partial charge on any atom is 0.223 e. The number of aromatic nitrogens is 1. The molecule has 1 aliphatic rings. The van der Waals surface area contributed by atoms with E-state index < -0.39 is 0 Å². The van der Waals surface area contributed by atoms with E-state index in [9.17, 15) is 4.79 Å². The highest BCUT2D eigenvalue weighted by Gasteiger charge is 2.28. The van der Waals surface area contributed by atoms with Gasteiger partial charge in [0.2, 0.25) is 5.91 Å². The van der Waals surface area contributed by atoms with E-state index in [4.69, 9.17) is 0 Å². The van der Waals surface area contributed by atoms with Crippen LogP contribution in [0.2, 0.25) is 0 Å². The highest BCUT2D eigenvalue weighted by molar-refractivity contribution is 7.11. The van der Waals surface area contributed by atoms with E-state index in [0.29, 0.717) is 12.5 Å². The van der Waals surface area contributed by atoms with Crippen LogP contribution in [0.5, 0.6) is 0 Å². The number of carbonyl (C=O) groups is 1. The molecule has 1 aromatic heterocycles. The second-order valence-corrected chi connectivity index (χ2v) is 5.96. The van der Waals surface area contributed by atoms with E-state index >= 15 is 0 Å². The summed E-state index contributed by atoms with van der Waals surface area (Å²) in [5.41, 5.74) is 1.07. The standard InChI is InChI=1S/C12H19N3OS.2ClH/c1-7(10-4-13-5-10)12(16)14-6-11-15-8(2)9(3)17-11;;/h7,10,13H,4-6H2,1-3H3,(H,14,16);2*1H. The summed E-state index contributed by atoms with van der Waals surface area (Å²) in [4.78, 5) is 17.5. The molecule has 1 aliphatic heterocycles. The summed E-state index contributed by atoms with van der Waals surface area (Å²) in [6.07, 6.45) is 0. The molecule has 1 fully saturated rings. The number of hydrogen-bond donors (Lipinski definition) is 2. The number of carbonyl (C=O) groups excluding carboxylic acids is 1. The lowest BCUT2D eigenvalue weighted by atomic mass is 9.88. The second-order valence-electron chi connectivity index (χ2n) is 4.67. The van der Waals surface area contributed by atoms with Crippen molar-refractivity contribution in [2.45, 2.75) is 27.3 Å². The van der Waals surface area contributed by atoms with E-state index in [1.165, 1.54) is 4.88 Å². The molecule has 1 aromatic rings. The Labute approximate surface area is 130 Å². The van der Waals surface area contributed by atoms with Crippen molar-refractivity contribution in [1.82, 2.24) is 15.6 Å². The van der Waals surface area contributed by atoms with Crippen LogP contribution in [0.4, 0.5) is 0 Å². The van der Waals surface area contributed by atoms with Crippen LogP contribution >= 0.6 is 36.2 Å². The Morgan fingerprint density at radius 2 is 2.11 bits per heavy atom. The molecule has 2 rings (SSSR count). The van der Waals surface area contributed by atoms with Crippen molar-refractivity contribution in [2.24, 2.45) is 11.8 Å². The number of halogens is 2. The number of rotatable bonds is 4. The molecule has 0 saturated carbocycles. The van der Waals surface area contributed by atoms with Gasteiger partial charge in [0, 0.05) is 10.8 Å². The van der Waals surface area contributed by atoms with Crippen LogP contribution < -0.4 is 10.6 Å². The zero-order valence-electron chi connectivity index (χ0n) is 11.4. The molecule has 0 spiro atoms. The summed E-state index contributed by atoms with van der Waals surface area (Å²) in [5, 5.41) is 7.15. The molecule has 1 amide bonds. The Hall–Kier alpha value is -0.360. The molecule has 0 radical (unpaired) electrons. The number of nitrogens with one attached hydrogen (secondary N) is 2. The van der Waals surface area contributed by atoms with Crippen LogP contribution in [-0.2, 0) is 11.3 Å². The maximum absolute atomic E-state index is 11.9. The maximum atomic E-state index is 11.9. The van der Waals surface area contributed by atoms with E-state index in [0.717, 1.165) is 23.8 Å². The first-order chi connectivity index (χ1) is 8.08. The van der Waals surface area contributed by atoms with E-state index in [-0.39, 0.29) is 36.6 Å². The monoisotopic (exact) mass is 325 g/mol. The molecule has 19 heavy (non-hydrogen) atoms. The summed E-state index contributed by atoms with van der Waals surface area (Å²) in [6, 6.07) is 0. The molecule has 7 heteroatoms. The topological polar surface area (TPSA) is 54.0 Å². The van der Waals surface area contributed by atoms with Gasteiger partial charge in [0.15, 0.2) is 0 Å². The molecular formula is C12H21Cl2N3OS. The average molecular weight is 326 g/mol. The van der Waals surface area contributed by atoms with Gasteiger partial charge in [-0.15, -0.1) is 36.2 Å². The van der Waals surface area contributed by atoms with Crippen molar-refractivity contribution < 1.29 is 4.79 Å². The van der Waals surface area contributed by atoms with Crippen molar-refractivity contribution in [3.05, 3.63) is 15.6 Å². The first-order valence-electron chi connectivity index (χ1n) is 5.99. The predicted octanol–water partition coefficient (Wildman–Crippen LogP) is 2.08. The highest BCUT2D eigenvalue weighted by Crippen LogP contribution is 2.18. The van der Waals surface area contributed by atoms with Crippen molar-refractivity contribution in [1.29, 1.82) is 0 Å². The van der Waals surface area contributed by atoms with Gasteiger partial charge >= 0.3 is 0 Å². The van der Waals surface area contributed by atoms with E-state index in [1.54, 1.807) is 11.3 Å². The van der Waals surface area contributed by atoms with Gasteiger partial charge < -0.3 is 10.6 Å². The van der Waals surface area contributed by atoms with Crippen molar-refractivity contribution >= 4 is 42.1 Å². The molecule has 110 valence electrons. The lowest BCUT2D eigenvalue weighted by molar-refractivity contribution is -0.126. The molecule has 0 aliphatic carbocycles. The lowest BCUT2D eigenvalue weighted by Crippen LogP contribution is -2.49. The summed E-state index contributed by atoms with van der Waals surface area (Å²) in [6.45, 7) is 8.54. The van der Waals surface area contributed by atoms with E-state index in [1.807, 2.05) is 13.8 Å². The first-order valence-corrected chi connectivity index (χ1v) is 6.81. The summed E-state index contributed by atoms with van der Waals surface area (Å²) in [7, 11) is 0. The van der Waals surface area contributed by atoms with Crippen LogP contribution in [0.1, 0.15) is 22.5 Å². The SMILES string of the molecule is Cc1nc(CNC(=O)C(C)C2CNC2)sc1C.Cl.Cl. The molecule has 1 saturated heterocycles. The Morgan fingerprint density at radius 1 is 1.47 bits per heavy atom. The third-order valence-electron chi connectivity index (χ3n) is 3.42. The number of amides is 1. The number of aryl methyl sites for hydroxylation is 2. The Morgan fingerprint density at radius 3 is 2.53 bits per heavy atom. The van der Waals surface area contributed by atoms with Crippen molar-refractivity contribution in [2.75, 3.05) is 13.1 Å². The summed E-state index contributed by atoms with van der Waals surface area (Å²) in [5.74, 6) is 0.732. The Bertz CT molecular complexity index is 402. The molecular weight excluding hydrogens is 305 g/mol. The average Bonchev–Trinajstić information content (AvgIpc) is 2.52. The quantitative estimate of drug-likeness (QED) is 0.891. The molecule has 0 aromatic carbocycles. The Balaban J connectivity index is 0.00000162. The zero-order chi connectivity index (χ0) is 12.4. The molecule has 2 heterocycles. The zero-order valence-corrected chi connectivity index (χ0v) is 13.8.